The van der Waals surface area contributed by atoms with Crippen molar-refractivity contribution in [2.45, 2.75) is 32.8 Å². The minimum Gasteiger partial charge on any atom is -0.463 e. The van der Waals surface area contributed by atoms with E-state index in [4.69, 9.17) is 4.42 Å². The van der Waals surface area contributed by atoms with Crippen molar-refractivity contribution in [3.8, 4) is 0 Å². The number of anilines is 1. The van der Waals surface area contributed by atoms with Crippen molar-refractivity contribution in [1.82, 2.24) is 20.5 Å². The number of furan rings is 1. The summed E-state index contributed by atoms with van der Waals surface area (Å²) in [6, 6.07) is 9.45. The third kappa shape index (κ3) is 6.46. The Hall–Kier alpha value is -3.07. The van der Waals surface area contributed by atoms with Gasteiger partial charge in [0.2, 0.25) is 5.91 Å². The molecule has 9 nitrogen and oxygen atoms in total. The number of amides is 1. The van der Waals surface area contributed by atoms with Crippen LogP contribution in [0.4, 0.5) is 5.82 Å². The second-order valence-electron chi connectivity index (χ2n) is 8.11. The van der Waals surface area contributed by atoms with Gasteiger partial charge in [0.15, 0.2) is 5.96 Å². The summed E-state index contributed by atoms with van der Waals surface area (Å²) in [5, 5.41) is 17.0. The second kappa shape index (κ2) is 11.0. The number of aliphatic hydroxyl groups is 1. The Labute approximate surface area is 189 Å². The summed E-state index contributed by atoms with van der Waals surface area (Å²) in [5.74, 6) is 2.85. The summed E-state index contributed by atoms with van der Waals surface area (Å²) in [6.45, 7) is 9.70. The maximum Gasteiger partial charge on any atom is 0.224 e. The zero-order valence-electron chi connectivity index (χ0n) is 19.2. The maximum absolute atomic E-state index is 12.6. The van der Waals surface area contributed by atoms with Gasteiger partial charge in [-0.15, -0.1) is 0 Å². The molecule has 1 atom stereocenters. The third-order valence-corrected chi connectivity index (χ3v) is 5.40. The summed E-state index contributed by atoms with van der Waals surface area (Å²) in [6.07, 6.45) is 2.17. The first-order chi connectivity index (χ1) is 15.4. The number of carbonyl (C=O) groups is 1. The van der Waals surface area contributed by atoms with Gasteiger partial charge < -0.3 is 30.0 Å². The Bertz CT molecular complexity index is 888. The van der Waals surface area contributed by atoms with Gasteiger partial charge in [0.1, 0.15) is 22.9 Å². The van der Waals surface area contributed by atoms with E-state index in [-0.39, 0.29) is 12.5 Å². The van der Waals surface area contributed by atoms with Gasteiger partial charge in [-0.25, -0.2) is 9.98 Å². The van der Waals surface area contributed by atoms with Crippen LogP contribution in [0.25, 0.3) is 0 Å². The molecule has 32 heavy (non-hydrogen) atoms. The molecular weight excluding hydrogens is 408 g/mol. The van der Waals surface area contributed by atoms with E-state index in [1.165, 1.54) is 0 Å². The quantitative estimate of drug-likeness (QED) is 0.420. The van der Waals surface area contributed by atoms with Crippen LogP contribution in [-0.2, 0) is 10.4 Å². The zero-order chi connectivity index (χ0) is 23.0. The minimum absolute atomic E-state index is 0.118. The molecule has 3 N–H and O–H groups in total. The number of hydrogen-bond donors (Lipinski definition) is 3. The summed E-state index contributed by atoms with van der Waals surface area (Å²) >= 11 is 0. The predicted molar refractivity (Wildman–Crippen MR) is 125 cm³/mol. The molecule has 0 bridgehead atoms. The van der Waals surface area contributed by atoms with Crippen LogP contribution in [0.3, 0.4) is 0 Å². The van der Waals surface area contributed by atoms with Crippen molar-refractivity contribution in [3.63, 3.8) is 0 Å². The van der Waals surface area contributed by atoms with Crippen molar-refractivity contribution < 1.29 is 14.3 Å². The van der Waals surface area contributed by atoms with Gasteiger partial charge in [0, 0.05) is 51.9 Å². The fraction of sp³-hybridized carbons (Fsp3) is 0.522. The fourth-order valence-electron chi connectivity index (χ4n) is 3.55. The number of nitrogens with one attached hydrogen (secondary N) is 2. The van der Waals surface area contributed by atoms with Crippen molar-refractivity contribution in [3.05, 3.63) is 48.0 Å². The molecule has 0 saturated carbocycles. The lowest BCUT2D eigenvalue weighted by Gasteiger charge is -2.35. The summed E-state index contributed by atoms with van der Waals surface area (Å²) in [5.41, 5.74) is -1.21. The van der Waals surface area contributed by atoms with Crippen molar-refractivity contribution in [2.24, 2.45) is 4.99 Å². The van der Waals surface area contributed by atoms with E-state index >= 15 is 0 Å². The van der Waals surface area contributed by atoms with Gasteiger partial charge in [-0.2, -0.15) is 0 Å². The average Bonchev–Trinajstić information content (AvgIpc) is 3.25. The molecule has 1 aliphatic heterocycles. The van der Waals surface area contributed by atoms with Crippen LogP contribution < -0.4 is 15.5 Å². The maximum atomic E-state index is 12.6. The van der Waals surface area contributed by atoms with Crippen LogP contribution >= 0.6 is 0 Å². The van der Waals surface area contributed by atoms with Crippen molar-refractivity contribution in [2.75, 3.05) is 50.7 Å². The van der Waals surface area contributed by atoms with Gasteiger partial charge in [-0.3, -0.25) is 4.79 Å². The molecule has 1 saturated heterocycles. The van der Waals surface area contributed by atoms with Crippen molar-refractivity contribution in [1.29, 1.82) is 0 Å². The molecule has 1 unspecified atom stereocenters. The predicted octanol–water partition coefficient (Wildman–Crippen LogP) is 1.48. The Balaban J connectivity index is 1.45. The SMILES string of the molecule is CCNC(=NCC(C)(O)c1ccc(C)o1)NCCC(=O)N1CCN(c2ccccn2)CC1. The number of nitrogens with zero attached hydrogens (tertiary/aromatic N) is 4. The van der Waals surface area contributed by atoms with E-state index in [9.17, 15) is 9.90 Å². The summed E-state index contributed by atoms with van der Waals surface area (Å²) in [7, 11) is 0. The molecule has 0 radical (unpaired) electrons. The number of hydrogen-bond acceptors (Lipinski definition) is 6. The number of carbonyl (C=O) groups excluding carboxylic acids is 1. The van der Waals surface area contributed by atoms with Crippen molar-refractivity contribution >= 4 is 17.7 Å². The second-order valence-corrected chi connectivity index (χ2v) is 8.11. The van der Waals surface area contributed by atoms with E-state index in [1.807, 2.05) is 43.0 Å². The number of guanidine groups is 1. The highest BCUT2D eigenvalue weighted by atomic mass is 16.4. The monoisotopic (exact) mass is 442 g/mol. The van der Waals surface area contributed by atoms with E-state index in [0.29, 0.717) is 44.3 Å². The van der Waals surface area contributed by atoms with Gasteiger partial charge >= 0.3 is 0 Å². The number of piperazine rings is 1. The van der Waals surface area contributed by atoms with Gasteiger partial charge in [0.05, 0.1) is 6.54 Å². The first-order valence-corrected chi connectivity index (χ1v) is 11.1. The zero-order valence-corrected chi connectivity index (χ0v) is 19.2. The van der Waals surface area contributed by atoms with E-state index < -0.39 is 5.60 Å². The molecule has 9 heteroatoms. The smallest absolute Gasteiger partial charge is 0.224 e. The molecular formula is C23H34N6O3. The highest BCUT2D eigenvalue weighted by Gasteiger charge is 2.27. The van der Waals surface area contributed by atoms with Gasteiger partial charge in [-0.05, 0) is 45.0 Å². The Morgan fingerprint density at radius 2 is 2.00 bits per heavy atom. The number of pyridine rings is 1. The van der Waals surface area contributed by atoms with Crippen LogP contribution in [0.2, 0.25) is 0 Å². The standard InChI is InChI=1S/C23H34N6O3/c1-4-24-22(27-17-23(3,31)19-9-8-18(2)32-19)26-12-10-21(30)29-15-13-28(14-16-29)20-7-5-6-11-25-20/h5-9,11,31H,4,10,12-17H2,1-3H3,(H2,24,26,27). The Morgan fingerprint density at radius 3 is 2.62 bits per heavy atom. The molecule has 2 aromatic heterocycles. The molecule has 3 heterocycles. The fourth-order valence-corrected chi connectivity index (χ4v) is 3.55. The number of aliphatic imine (C=N–C) groups is 1. The molecule has 0 aromatic carbocycles. The molecule has 1 fully saturated rings. The first-order valence-electron chi connectivity index (χ1n) is 11.1. The van der Waals surface area contributed by atoms with Crippen LogP contribution in [0.15, 0.2) is 45.9 Å². The number of aryl methyl sites for hydroxylation is 1. The van der Waals surface area contributed by atoms with E-state index in [1.54, 1.807) is 19.2 Å². The lowest BCUT2D eigenvalue weighted by molar-refractivity contribution is -0.131. The molecule has 0 aliphatic carbocycles. The Kier molecular flexibility index (Phi) is 8.10. The molecule has 0 spiro atoms. The lowest BCUT2D eigenvalue weighted by Crippen LogP contribution is -2.49. The largest absolute Gasteiger partial charge is 0.463 e. The Morgan fingerprint density at radius 1 is 1.22 bits per heavy atom. The van der Waals surface area contributed by atoms with Crippen LogP contribution in [-0.4, -0.2) is 72.7 Å². The first kappa shape index (κ1) is 23.6. The minimum atomic E-state index is -1.21. The molecule has 2 aromatic rings. The van der Waals surface area contributed by atoms with E-state index in [2.05, 4.69) is 25.5 Å². The molecule has 3 rings (SSSR count). The van der Waals surface area contributed by atoms with Gasteiger partial charge in [-0.1, -0.05) is 6.07 Å². The van der Waals surface area contributed by atoms with Crippen LogP contribution in [0.5, 0.6) is 0 Å². The van der Waals surface area contributed by atoms with E-state index in [0.717, 1.165) is 24.7 Å². The summed E-state index contributed by atoms with van der Waals surface area (Å²) in [4.78, 5) is 25.6. The highest BCUT2D eigenvalue weighted by Crippen LogP contribution is 2.23. The molecule has 1 amide bonds. The third-order valence-electron chi connectivity index (χ3n) is 5.40. The summed E-state index contributed by atoms with van der Waals surface area (Å²) < 4.78 is 5.54. The average molecular weight is 443 g/mol. The van der Waals surface area contributed by atoms with Gasteiger partial charge in [0.25, 0.3) is 0 Å². The number of rotatable bonds is 8. The molecule has 174 valence electrons. The highest BCUT2D eigenvalue weighted by molar-refractivity contribution is 5.81. The molecule has 1 aliphatic rings. The van der Waals surface area contributed by atoms with Crippen LogP contribution in [0, 0.1) is 6.92 Å². The topological polar surface area (TPSA) is 106 Å². The van der Waals surface area contributed by atoms with Crippen LogP contribution in [0.1, 0.15) is 31.8 Å². The number of aromatic nitrogens is 1. The normalized spacial score (nSPS) is 16.6. The lowest BCUT2D eigenvalue weighted by atomic mass is 10.0.